The SMILES string of the molecule is COc1ccc(F)c(NC2CCc3c2ccc(OC)c3F)c1. The summed E-state index contributed by atoms with van der Waals surface area (Å²) in [6, 6.07) is 7.83. The summed E-state index contributed by atoms with van der Waals surface area (Å²) < 4.78 is 38.3. The van der Waals surface area contributed by atoms with Crippen molar-refractivity contribution in [2.75, 3.05) is 19.5 Å². The van der Waals surface area contributed by atoms with Crippen LogP contribution in [0.1, 0.15) is 23.6 Å². The number of anilines is 1. The molecule has 3 rings (SSSR count). The maximum atomic E-state index is 14.2. The van der Waals surface area contributed by atoms with Gasteiger partial charge in [-0.2, -0.15) is 0 Å². The molecule has 1 aliphatic carbocycles. The van der Waals surface area contributed by atoms with Crippen LogP contribution in [0.3, 0.4) is 0 Å². The van der Waals surface area contributed by atoms with Gasteiger partial charge < -0.3 is 14.8 Å². The van der Waals surface area contributed by atoms with E-state index in [0.29, 0.717) is 29.8 Å². The maximum Gasteiger partial charge on any atom is 0.168 e. The third kappa shape index (κ3) is 2.47. The summed E-state index contributed by atoms with van der Waals surface area (Å²) in [6.45, 7) is 0. The molecule has 1 atom stereocenters. The molecule has 2 aromatic carbocycles. The van der Waals surface area contributed by atoms with Crippen LogP contribution in [-0.2, 0) is 6.42 Å². The molecule has 0 aliphatic heterocycles. The fourth-order valence-corrected chi connectivity index (χ4v) is 2.88. The van der Waals surface area contributed by atoms with Crippen molar-refractivity contribution in [3.8, 4) is 11.5 Å². The van der Waals surface area contributed by atoms with Crippen LogP contribution in [0.5, 0.6) is 11.5 Å². The van der Waals surface area contributed by atoms with Crippen molar-refractivity contribution in [3.05, 3.63) is 53.1 Å². The minimum atomic E-state index is -0.358. The fraction of sp³-hybridized carbons (Fsp3) is 0.294. The Labute approximate surface area is 127 Å². The summed E-state index contributed by atoms with van der Waals surface area (Å²) >= 11 is 0. The highest BCUT2D eigenvalue weighted by atomic mass is 19.1. The van der Waals surface area contributed by atoms with Crippen molar-refractivity contribution in [2.24, 2.45) is 0 Å². The number of hydrogen-bond acceptors (Lipinski definition) is 3. The molecule has 0 bridgehead atoms. The Morgan fingerprint density at radius 1 is 1.09 bits per heavy atom. The molecule has 1 aliphatic rings. The smallest absolute Gasteiger partial charge is 0.168 e. The lowest BCUT2D eigenvalue weighted by Gasteiger charge is -2.17. The first-order valence-corrected chi connectivity index (χ1v) is 7.09. The lowest BCUT2D eigenvalue weighted by molar-refractivity contribution is 0.384. The van der Waals surface area contributed by atoms with E-state index in [9.17, 15) is 8.78 Å². The summed E-state index contributed by atoms with van der Waals surface area (Å²) in [6.07, 6.45) is 1.30. The van der Waals surface area contributed by atoms with Gasteiger partial charge in [-0.1, -0.05) is 6.07 Å². The highest BCUT2D eigenvalue weighted by Gasteiger charge is 2.27. The van der Waals surface area contributed by atoms with E-state index in [1.807, 2.05) is 6.07 Å². The average Bonchev–Trinajstić information content (AvgIpc) is 2.94. The van der Waals surface area contributed by atoms with Crippen LogP contribution in [0.4, 0.5) is 14.5 Å². The molecule has 0 aromatic heterocycles. The molecule has 5 heteroatoms. The molecular formula is C17H17F2NO2. The third-order valence-electron chi connectivity index (χ3n) is 4.03. The van der Waals surface area contributed by atoms with Crippen molar-refractivity contribution in [1.29, 1.82) is 0 Å². The van der Waals surface area contributed by atoms with E-state index >= 15 is 0 Å². The Kier molecular flexibility index (Phi) is 3.88. The molecular weight excluding hydrogens is 288 g/mol. The second-order valence-electron chi connectivity index (χ2n) is 5.23. The quantitative estimate of drug-likeness (QED) is 0.923. The predicted molar refractivity (Wildman–Crippen MR) is 80.6 cm³/mol. The molecule has 0 saturated carbocycles. The average molecular weight is 305 g/mol. The van der Waals surface area contributed by atoms with Gasteiger partial charge in [-0.25, -0.2) is 8.78 Å². The highest BCUT2D eigenvalue weighted by molar-refractivity contribution is 5.53. The fourth-order valence-electron chi connectivity index (χ4n) is 2.88. The molecule has 0 amide bonds. The van der Waals surface area contributed by atoms with Crippen LogP contribution >= 0.6 is 0 Å². The second-order valence-corrected chi connectivity index (χ2v) is 5.23. The zero-order chi connectivity index (χ0) is 15.7. The number of rotatable bonds is 4. The van der Waals surface area contributed by atoms with E-state index in [4.69, 9.17) is 9.47 Å². The molecule has 116 valence electrons. The first kappa shape index (κ1) is 14.6. The number of nitrogens with one attached hydrogen (secondary N) is 1. The Morgan fingerprint density at radius 3 is 2.64 bits per heavy atom. The van der Waals surface area contributed by atoms with Gasteiger partial charge in [0.25, 0.3) is 0 Å². The number of halogens is 2. The van der Waals surface area contributed by atoms with E-state index in [1.165, 1.54) is 20.3 Å². The van der Waals surface area contributed by atoms with Gasteiger partial charge in [-0.3, -0.25) is 0 Å². The zero-order valence-electron chi connectivity index (χ0n) is 12.5. The van der Waals surface area contributed by atoms with E-state index < -0.39 is 0 Å². The van der Waals surface area contributed by atoms with Gasteiger partial charge in [-0.15, -0.1) is 0 Å². The normalized spacial score (nSPS) is 16.3. The Hall–Kier alpha value is -2.30. The third-order valence-corrected chi connectivity index (χ3v) is 4.03. The highest BCUT2D eigenvalue weighted by Crippen LogP contribution is 2.38. The molecule has 0 radical (unpaired) electrons. The lowest BCUT2D eigenvalue weighted by atomic mass is 10.1. The number of fused-ring (bicyclic) bond motifs is 1. The van der Waals surface area contributed by atoms with Gasteiger partial charge >= 0.3 is 0 Å². The van der Waals surface area contributed by atoms with Crippen molar-refractivity contribution < 1.29 is 18.3 Å². The van der Waals surface area contributed by atoms with Gasteiger partial charge in [0, 0.05) is 6.07 Å². The predicted octanol–water partition coefficient (Wildman–Crippen LogP) is 4.08. The minimum absolute atomic E-state index is 0.128. The van der Waals surface area contributed by atoms with Crippen LogP contribution in [-0.4, -0.2) is 14.2 Å². The number of hydrogen-bond donors (Lipinski definition) is 1. The number of methoxy groups -OCH3 is 2. The van der Waals surface area contributed by atoms with Gasteiger partial charge in [0.05, 0.1) is 25.9 Å². The molecule has 22 heavy (non-hydrogen) atoms. The van der Waals surface area contributed by atoms with E-state index in [0.717, 1.165) is 5.56 Å². The van der Waals surface area contributed by atoms with Crippen LogP contribution < -0.4 is 14.8 Å². The molecule has 1 N–H and O–H groups in total. The van der Waals surface area contributed by atoms with E-state index in [-0.39, 0.29) is 23.4 Å². The summed E-state index contributed by atoms with van der Waals surface area (Å²) in [5.74, 6) is 0.133. The van der Waals surface area contributed by atoms with Crippen molar-refractivity contribution in [2.45, 2.75) is 18.9 Å². The first-order chi connectivity index (χ1) is 10.6. The summed E-state index contributed by atoms with van der Waals surface area (Å²) in [5.41, 5.74) is 1.84. The van der Waals surface area contributed by atoms with Crippen LogP contribution in [0, 0.1) is 11.6 Å². The van der Waals surface area contributed by atoms with Gasteiger partial charge in [0.1, 0.15) is 11.6 Å². The zero-order valence-corrected chi connectivity index (χ0v) is 12.5. The lowest BCUT2D eigenvalue weighted by Crippen LogP contribution is -2.09. The Balaban J connectivity index is 1.90. The molecule has 0 fully saturated rings. The first-order valence-electron chi connectivity index (χ1n) is 7.09. The summed E-state index contributed by atoms with van der Waals surface area (Å²) in [7, 11) is 2.98. The molecule has 0 spiro atoms. The summed E-state index contributed by atoms with van der Waals surface area (Å²) in [5, 5.41) is 3.14. The van der Waals surface area contributed by atoms with Crippen molar-refractivity contribution in [3.63, 3.8) is 0 Å². The summed E-state index contributed by atoms with van der Waals surface area (Å²) in [4.78, 5) is 0. The Morgan fingerprint density at radius 2 is 1.91 bits per heavy atom. The van der Waals surface area contributed by atoms with Crippen LogP contribution in [0.2, 0.25) is 0 Å². The minimum Gasteiger partial charge on any atom is -0.497 e. The standard InChI is InChI=1S/C17H17F2NO2/c1-21-10-3-6-13(18)15(9-10)20-14-7-4-12-11(14)5-8-16(22-2)17(12)19/h3,5-6,8-9,14,20H,4,7H2,1-2H3. The van der Waals surface area contributed by atoms with Crippen molar-refractivity contribution in [1.82, 2.24) is 0 Å². The Bertz CT molecular complexity index is 703. The van der Waals surface area contributed by atoms with Crippen molar-refractivity contribution >= 4 is 5.69 Å². The molecule has 0 saturated heterocycles. The molecule has 0 heterocycles. The van der Waals surface area contributed by atoms with Gasteiger partial charge in [0.2, 0.25) is 0 Å². The maximum absolute atomic E-state index is 14.2. The van der Waals surface area contributed by atoms with E-state index in [2.05, 4.69) is 5.32 Å². The topological polar surface area (TPSA) is 30.5 Å². The van der Waals surface area contributed by atoms with E-state index in [1.54, 1.807) is 18.2 Å². The second kappa shape index (κ2) is 5.83. The molecule has 1 unspecified atom stereocenters. The van der Waals surface area contributed by atoms with Crippen LogP contribution in [0.15, 0.2) is 30.3 Å². The number of ether oxygens (including phenoxy) is 2. The van der Waals surface area contributed by atoms with Crippen LogP contribution in [0.25, 0.3) is 0 Å². The monoisotopic (exact) mass is 305 g/mol. The number of benzene rings is 2. The van der Waals surface area contributed by atoms with Gasteiger partial charge in [0.15, 0.2) is 11.6 Å². The molecule has 2 aromatic rings. The largest absolute Gasteiger partial charge is 0.497 e. The molecule has 3 nitrogen and oxygen atoms in total. The van der Waals surface area contributed by atoms with Gasteiger partial charge in [-0.05, 0) is 42.2 Å².